The van der Waals surface area contributed by atoms with Crippen LogP contribution in [0.4, 0.5) is 0 Å². The van der Waals surface area contributed by atoms with Gasteiger partial charge in [0.25, 0.3) is 0 Å². The zero-order valence-corrected chi connectivity index (χ0v) is 26.4. The molecule has 9 aromatic rings. The Morgan fingerprint density at radius 1 is 0.347 bits per heavy atom. The van der Waals surface area contributed by atoms with E-state index in [-0.39, 0.29) is 0 Å². The summed E-state index contributed by atoms with van der Waals surface area (Å²) < 4.78 is 6.13. The van der Waals surface area contributed by atoms with Crippen LogP contribution in [0.3, 0.4) is 0 Å². The molecule has 5 aromatic carbocycles. The molecule has 230 valence electrons. The number of rotatable bonds is 6. The van der Waals surface area contributed by atoms with Crippen LogP contribution in [0.2, 0.25) is 0 Å². The second kappa shape index (κ2) is 12.1. The third-order valence-electron chi connectivity index (χ3n) is 8.87. The summed E-state index contributed by atoms with van der Waals surface area (Å²) in [6, 6.07) is 50.0. The standard InChI is InChI=1S/C44H28N4O/c1-2-8-31(9-3-1)44-47-40(32-18-19-43-39(25-32)38-12-4-5-13-42(38)49-43)26-41(48-44)37-23-35(22-36(24-37)34-11-7-21-46-28-34)30-16-14-29(15-17-30)33-10-6-20-45-27-33/h1-28H. The van der Waals surface area contributed by atoms with Gasteiger partial charge in [-0.1, -0.05) is 84.9 Å². The first-order chi connectivity index (χ1) is 24.2. The molecule has 4 heterocycles. The van der Waals surface area contributed by atoms with Crippen LogP contribution >= 0.6 is 0 Å². The Morgan fingerprint density at radius 3 is 1.61 bits per heavy atom. The van der Waals surface area contributed by atoms with E-state index in [1.807, 2.05) is 67.0 Å². The summed E-state index contributed by atoms with van der Waals surface area (Å²) in [6.07, 6.45) is 7.39. The smallest absolute Gasteiger partial charge is 0.160 e. The molecule has 0 saturated carbocycles. The predicted molar refractivity (Wildman–Crippen MR) is 198 cm³/mol. The summed E-state index contributed by atoms with van der Waals surface area (Å²) in [5.41, 5.74) is 12.8. The van der Waals surface area contributed by atoms with Crippen molar-refractivity contribution >= 4 is 21.9 Å². The van der Waals surface area contributed by atoms with Gasteiger partial charge in [-0.3, -0.25) is 9.97 Å². The molecule has 0 aliphatic carbocycles. The molecule has 0 aliphatic rings. The first-order valence-electron chi connectivity index (χ1n) is 16.2. The minimum atomic E-state index is 0.666. The van der Waals surface area contributed by atoms with Crippen LogP contribution in [0.1, 0.15) is 0 Å². The van der Waals surface area contributed by atoms with E-state index in [9.17, 15) is 0 Å². The Hall–Kier alpha value is -6.72. The lowest BCUT2D eigenvalue weighted by atomic mass is 9.94. The molecular formula is C44H28N4O. The number of furan rings is 1. The summed E-state index contributed by atoms with van der Waals surface area (Å²) in [4.78, 5) is 19.0. The summed E-state index contributed by atoms with van der Waals surface area (Å²) in [7, 11) is 0. The van der Waals surface area contributed by atoms with Crippen molar-refractivity contribution in [2.24, 2.45) is 0 Å². The minimum absolute atomic E-state index is 0.666. The number of fused-ring (bicyclic) bond motifs is 3. The number of hydrogen-bond acceptors (Lipinski definition) is 5. The van der Waals surface area contributed by atoms with Gasteiger partial charge in [-0.25, -0.2) is 9.97 Å². The fraction of sp³-hybridized carbons (Fsp3) is 0. The zero-order chi connectivity index (χ0) is 32.6. The van der Waals surface area contributed by atoms with Crippen molar-refractivity contribution in [1.82, 2.24) is 19.9 Å². The molecule has 0 unspecified atom stereocenters. The highest BCUT2D eigenvalue weighted by molar-refractivity contribution is 6.06. The van der Waals surface area contributed by atoms with Crippen LogP contribution < -0.4 is 0 Å². The second-order valence-electron chi connectivity index (χ2n) is 12.0. The van der Waals surface area contributed by atoms with Crippen LogP contribution in [0.15, 0.2) is 175 Å². The number of nitrogens with zero attached hydrogens (tertiary/aromatic N) is 4. The van der Waals surface area contributed by atoms with Crippen LogP contribution in [0, 0.1) is 0 Å². The van der Waals surface area contributed by atoms with Crippen molar-refractivity contribution in [3.8, 4) is 67.3 Å². The molecule has 0 saturated heterocycles. The maximum absolute atomic E-state index is 6.13. The average molecular weight is 629 g/mol. The van der Waals surface area contributed by atoms with Crippen LogP contribution in [0.5, 0.6) is 0 Å². The monoisotopic (exact) mass is 628 g/mol. The zero-order valence-electron chi connectivity index (χ0n) is 26.4. The normalized spacial score (nSPS) is 11.3. The van der Waals surface area contributed by atoms with Crippen molar-refractivity contribution in [2.45, 2.75) is 0 Å². The average Bonchev–Trinajstić information content (AvgIpc) is 3.57. The maximum atomic E-state index is 6.13. The topological polar surface area (TPSA) is 64.7 Å². The van der Waals surface area contributed by atoms with Crippen molar-refractivity contribution in [3.05, 3.63) is 170 Å². The first kappa shape index (κ1) is 28.5. The molecule has 49 heavy (non-hydrogen) atoms. The van der Waals surface area contributed by atoms with Gasteiger partial charge in [-0.05, 0) is 88.5 Å². The number of para-hydroxylation sites is 1. The van der Waals surface area contributed by atoms with Crippen molar-refractivity contribution in [1.29, 1.82) is 0 Å². The van der Waals surface area contributed by atoms with Crippen molar-refractivity contribution in [3.63, 3.8) is 0 Å². The van der Waals surface area contributed by atoms with Gasteiger partial charge in [0.05, 0.1) is 11.4 Å². The van der Waals surface area contributed by atoms with E-state index < -0.39 is 0 Å². The Morgan fingerprint density at radius 2 is 0.898 bits per heavy atom. The SMILES string of the molecule is c1ccc(-c2nc(-c3cc(-c4ccc(-c5cccnc5)cc4)cc(-c4cccnc4)c3)cc(-c3ccc4oc5ccccc5c4c3)n2)cc1. The molecule has 0 radical (unpaired) electrons. The third-order valence-corrected chi connectivity index (χ3v) is 8.87. The molecule has 0 bridgehead atoms. The van der Waals surface area contributed by atoms with Gasteiger partial charge in [-0.2, -0.15) is 0 Å². The highest BCUT2D eigenvalue weighted by Gasteiger charge is 2.15. The van der Waals surface area contributed by atoms with E-state index in [0.717, 1.165) is 83.4 Å². The Kier molecular flexibility index (Phi) is 7.06. The largest absolute Gasteiger partial charge is 0.456 e. The summed E-state index contributed by atoms with van der Waals surface area (Å²) in [5.74, 6) is 0.666. The van der Waals surface area contributed by atoms with Gasteiger partial charge in [-0.15, -0.1) is 0 Å². The molecule has 0 N–H and O–H groups in total. The van der Waals surface area contributed by atoms with Crippen LogP contribution in [-0.2, 0) is 0 Å². The van der Waals surface area contributed by atoms with Crippen molar-refractivity contribution in [2.75, 3.05) is 0 Å². The molecule has 0 aliphatic heterocycles. The molecule has 9 rings (SSSR count). The van der Waals surface area contributed by atoms with E-state index in [2.05, 4.69) is 101 Å². The van der Waals surface area contributed by atoms with Crippen molar-refractivity contribution < 1.29 is 4.42 Å². The molecule has 0 amide bonds. The minimum Gasteiger partial charge on any atom is -0.456 e. The summed E-state index contributed by atoms with van der Waals surface area (Å²) in [6.45, 7) is 0. The van der Waals surface area contributed by atoms with E-state index in [0.29, 0.717) is 5.82 Å². The molecule has 5 nitrogen and oxygen atoms in total. The third kappa shape index (κ3) is 5.53. The highest BCUT2D eigenvalue weighted by Crippen LogP contribution is 2.37. The highest BCUT2D eigenvalue weighted by atomic mass is 16.3. The molecule has 0 atom stereocenters. The number of aromatic nitrogens is 4. The molecule has 0 spiro atoms. The molecule has 0 fully saturated rings. The van der Waals surface area contributed by atoms with Crippen LogP contribution in [0.25, 0.3) is 89.2 Å². The fourth-order valence-corrected chi connectivity index (χ4v) is 6.38. The number of hydrogen-bond donors (Lipinski definition) is 0. The van der Waals surface area contributed by atoms with E-state index in [4.69, 9.17) is 14.4 Å². The Bertz CT molecular complexity index is 2580. The Labute approximate surface area is 283 Å². The van der Waals surface area contributed by atoms with Gasteiger partial charge >= 0.3 is 0 Å². The lowest BCUT2D eigenvalue weighted by molar-refractivity contribution is 0.669. The van der Waals surface area contributed by atoms with Gasteiger partial charge in [0.15, 0.2) is 5.82 Å². The predicted octanol–water partition coefficient (Wildman–Crippen LogP) is 11.2. The van der Waals surface area contributed by atoms with Gasteiger partial charge in [0.1, 0.15) is 11.2 Å². The lowest BCUT2D eigenvalue weighted by Crippen LogP contribution is -1.96. The second-order valence-corrected chi connectivity index (χ2v) is 12.0. The Balaban J connectivity index is 1.22. The molecular weight excluding hydrogens is 601 g/mol. The molecule has 4 aromatic heterocycles. The lowest BCUT2D eigenvalue weighted by Gasteiger charge is -2.13. The van der Waals surface area contributed by atoms with E-state index in [1.54, 1.807) is 12.4 Å². The quantitative estimate of drug-likeness (QED) is 0.183. The van der Waals surface area contributed by atoms with E-state index >= 15 is 0 Å². The van der Waals surface area contributed by atoms with E-state index in [1.165, 1.54) is 0 Å². The summed E-state index contributed by atoms with van der Waals surface area (Å²) in [5, 5.41) is 2.14. The molecule has 5 heteroatoms. The number of pyridine rings is 2. The summed E-state index contributed by atoms with van der Waals surface area (Å²) >= 11 is 0. The fourth-order valence-electron chi connectivity index (χ4n) is 6.38. The first-order valence-corrected chi connectivity index (χ1v) is 16.2. The maximum Gasteiger partial charge on any atom is 0.160 e. The van der Waals surface area contributed by atoms with Crippen LogP contribution in [-0.4, -0.2) is 19.9 Å². The number of benzene rings is 5. The van der Waals surface area contributed by atoms with Gasteiger partial charge in [0.2, 0.25) is 0 Å². The van der Waals surface area contributed by atoms with Gasteiger partial charge < -0.3 is 4.42 Å². The van der Waals surface area contributed by atoms with Gasteiger partial charge in [0, 0.05) is 57.8 Å².